The second-order valence-electron chi connectivity index (χ2n) is 10.3. The summed E-state index contributed by atoms with van der Waals surface area (Å²) in [5, 5.41) is 13.0. The summed E-state index contributed by atoms with van der Waals surface area (Å²) in [5.41, 5.74) is 6.21. The first-order chi connectivity index (χ1) is 15.6. The van der Waals surface area contributed by atoms with Gasteiger partial charge in [0.2, 0.25) is 0 Å². The molecule has 0 bridgehead atoms. The zero-order valence-corrected chi connectivity index (χ0v) is 21.1. The van der Waals surface area contributed by atoms with Gasteiger partial charge in [-0.3, -0.25) is 4.90 Å². The van der Waals surface area contributed by atoms with E-state index in [-0.39, 0.29) is 11.6 Å². The van der Waals surface area contributed by atoms with E-state index in [2.05, 4.69) is 121 Å². The summed E-state index contributed by atoms with van der Waals surface area (Å²) in [4.78, 5) is 7.17. The molecule has 176 valence electrons. The molecular weight excluding hydrogens is 410 g/mol. The van der Waals surface area contributed by atoms with Gasteiger partial charge in [-0.2, -0.15) is 0 Å². The van der Waals surface area contributed by atoms with Crippen LogP contribution >= 0.6 is 0 Å². The fraction of sp³-hybridized carbons (Fsp3) is 0.500. The smallest absolute Gasteiger partial charge is 0.173 e. The lowest BCUT2D eigenvalue weighted by Gasteiger charge is -2.41. The predicted octanol–water partition coefficient (Wildman–Crippen LogP) is 4.02. The van der Waals surface area contributed by atoms with Crippen LogP contribution in [-0.2, 0) is 5.54 Å². The largest absolute Gasteiger partial charge is 0.378 e. The fourth-order valence-corrected chi connectivity index (χ4v) is 4.60. The lowest BCUT2D eigenvalue weighted by molar-refractivity contribution is 0.191. The van der Waals surface area contributed by atoms with Crippen molar-refractivity contribution < 1.29 is 0 Å². The zero-order valence-electron chi connectivity index (χ0n) is 21.1. The number of nitrogens with zero attached hydrogens (tertiary/aromatic N) is 7. The highest BCUT2D eigenvalue weighted by atomic mass is 15.6. The van der Waals surface area contributed by atoms with Crippen LogP contribution in [0.1, 0.15) is 49.3 Å². The van der Waals surface area contributed by atoms with Crippen molar-refractivity contribution in [1.82, 2.24) is 25.1 Å². The Hall–Kier alpha value is -2.93. The Morgan fingerprint density at radius 1 is 0.909 bits per heavy atom. The molecule has 1 aromatic heterocycles. The van der Waals surface area contributed by atoms with E-state index in [1.807, 2.05) is 4.68 Å². The first kappa shape index (κ1) is 23.2. The van der Waals surface area contributed by atoms with Crippen LogP contribution in [0.5, 0.6) is 0 Å². The normalized spacial score (nSPS) is 16.2. The highest BCUT2D eigenvalue weighted by molar-refractivity contribution is 5.55. The van der Waals surface area contributed by atoms with E-state index in [4.69, 9.17) is 0 Å². The number of aromatic nitrogens is 4. The van der Waals surface area contributed by atoms with Gasteiger partial charge in [0, 0.05) is 51.6 Å². The van der Waals surface area contributed by atoms with Crippen LogP contribution in [0.2, 0.25) is 0 Å². The van der Waals surface area contributed by atoms with Gasteiger partial charge in [-0.1, -0.05) is 24.3 Å². The topological polar surface area (TPSA) is 53.3 Å². The molecule has 0 unspecified atom stereocenters. The third kappa shape index (κ3) is 4.88. The minimum atomic E-state index is -0.193. The lowest BCUT2D eigenvalue weighted by Crippen LogP contribution is -2.49. The molecular formula is C26H37N7. The molecule has 2 aromatic carbocycles. The molecule has 1 aliphatic heterocycles. The Labute approximate surface area is 198 Å². The van der Waals surface area contributed by atoms with Gasteiger partial charge in [-0.05, 0) is 79.9 Å². The highest BCUT2D eigenvalue weighted by Gasteiger charge is 2.33. The van der Waals surface area contributed by atoms with Gasteiger partial charge >= 0.3 is 0 Å². The van der Waals surface area contributed by atoms with Gasteiger partial charge in [0.15, 0.2) is 5.82 Å². The van der Waals surface area contributed by atoms with Crippen molar-refractivity contribution in [3.05, 3.63) is 65.0 Å². The van der Waals surface area contributed by atoms with Gasteiger partial charge in [0.1, 0.15) is 0 Å². The summed E-state index contributed by atoms with van der Waals surface area (Å²) in [6, 6.07) is 15.5. The van der Waals surface area contributed by atoms with Gasteiger partial charge < -0.3 is 9.80 Å². The Morgan fingerprint density at radius 3 is 2.18 bits per heavy atom. The minimum absolute atomic E-state index is 0.0104. The summed E-state index contributed by atoms with van der Waals surface area (Å²) in [6.07, 6.45) is 0. The number of hydrogen-bond acceptors (Lipinski definition) is 6. The van der Waals surface area contributed by atoms with E-state index < -0.39 is 0 Å². The summed E-state index contributed by atoms with van der Waals surface area (Å²) < 4.78 is 1.98. The Kier molecular flexibility index (Phi) is 6.43. The number of benzene rings is 2. The van der Waals surface area contributed by atoms with Crippen molar-refractivity contribution in [2.24, 2.45) is 0 Å². The van der Waals surface area contributed by atoms with Crippen LogP contribution in [0.15, 0.2) is 42.5 Å². The summed E-state index contributed by atoms with van der Waals surface area (Å²) in [7, 11) is 4.14. The molecule has 1 aliphatic rings. The maximum Gasteiger partial charge on any atom is 0.173 e. The molecule has 2 heterocycles. The van der Waals surface area contributed by atoms with E-state index in [9.17, 15) is 0 Å². The Bertz CT molecular complexity index is 1070. The summed E-state index contributed by atoms with van der Waals surface area (Å²) in [5.74, 6) is 0.903. The fourth-order valence-electron chi connectivity index (χ4n) is 4.60. The standard InChI is InChI=1S/C26H37N7/c1-19-8-9-20(2)23(18-19)31-14-16-32(17-15-31)24(21-10-12-22(13-11-21)30(6)7)25-27-28-29-33(25)26(3,4)5/h8-13,18,24H,14-17H2,1-7H3/t24-/m0/s1. The molecule has 0 amide bonds. The van der Waals surface area contributed by atoms with Gasteiger partial charge in [-0.15, -0.1) is 5.10 Å². The first-order valence-electron chi connectivity index (χ1n) is 11.8. The van der Waals surface area contributed by atoms with E-state index in [0.717, 1.165) is 32.0 Å². The van der Waals surface area contributed by atoms with Crippen molar-refractivity contribution in [2.45, 2.75) is 46.2 Å². The summed E-state index contributed by atoms with van der Waals surface area (Å²) >= 11 is 0. The van der Waals surface area contributed by atoms with E-state index >= 15 is 0 Å². The van der Waals surface area contributed by atoms with Crippen molar-refractivity contribution in [2.75, 3.05) is 50.1 Å². The zero-order chi connectivity index (χ0) is 23.8. The maximum atomic E-state index is 4.53. The molecule has 4 rings (SSSR count). The van der Waals surface area contributed by atoms with Gasteiger partial charge in [0.05, 0.1) is 11.6 Å². The number of piperazine rings is 1. The molecule has 0 radical (unpaired) electrons. The van der Waals surface area contributed by atoms with Crippen molar-refractivity contribution >= 4 is 11.4 Å². The molecule has 0 aliphatic carbocycles. The average Bonchev–Trinajstić information content (AvgIpc) is 3.27. The predicted molar refractivity (Wildman–Crippen MR) is 135 cm³/mol. The molecule has 1 fully saturated rings. The highest BCUT2D eigenvalue weighted by Crippen LogP contribution is 2.32. The SMILES string of the molecule is Cc1ccc(C)c(N2CCN([C@@H](c3ccc(N(C)C)cc3)c3nnnn3C(C)(C)C)CC2)c1. The molecule has 3 aromatic rings. The Morgan fingerprint density at radius 2 is 1.58 bits per heavy atom. The van der Waals surface area contributed by atoms with E-state index in [1.165, 1.54) is 28.1 Å². The van der Waals surface area contributed by atoms with E-state index in [0.29, 0.717) is 0 Å². The van der Waals surface area contributed by atoms with Crippen LogP contribution in [-0.4, -0.2) is 65.4 Å². The number of tetrazole rings is 1. The number of rotatable bonds is 5. The molecule has 0 N–H and O–H groups in total. The third-order valence-corrected chi connectivity index (χ3v) is 6.48. The monoisotopic (exact) mass is 447 g/mol. The summed E-state index contributed by atoms with van der Waals surface area (Å²) in [6.45, 7) is 14.7. The number of anilines is 2. The second-order valence-corrected chi connectivity index (χ2v) is 10.3. The Balaban J connectivity index is 1.65. The molecule has 7 heteroatoms. The van der Waals surface area contributed by atoms with E-state index in [1.54, 1.807) is 0 Å². The van der Waals surface area contributed by atoms with Crippen LogP contribution in [0, 0.1) is 13.8 Å². The second kappa shape index (κ2) is 9.14. The van der Waals surface area contributed by atoms with Crippen molar-refractivity contribution in [3.63, 3.8) is 0 Å². The molecule has 1 atom stereocenters. The van der Waals surface area contributed by atoms with Crippen LogP contribution in [0.3, 0.4) is 0 Å². The number of aryl methyl sites for hydroxylation is 2. The minimum Gasteiger partial charge on any atom is -0.378 e. The van der Waals surface area contributed by atoms with Crippen molar-refractivity contribution in [3.8, 4) is 0 Å². The number of hydrogen-bond donors (Lipinski definition) is 0. The quantitative estimate of drug-likeness (QED) is 0.589. The first-order valence-corrected chi connectivity index (χ1v) is 11.8. The average molecular weight is 448 g/mol. The third-order valence-electron chi connectivity index (χ3n) is 6.48. The van der Waals surface area contributed by atoms with Gasteiger partial charge in [-0.25, -0.2) is 4.68 Å². The van der Waals surface area contributed by atoms with Crippen LogP contribution in [0.25, 0.3) is 0 Å². The molecule has 0 saturated carbocycles. The van der Waals surface area contributed by atoms with Crippen molar-refractivity contribution in [1.29, 1.82) is 0 Å². The van der Waals surface area contributed by atoms with Gasteiger partial charge in [0.25, 0.3) is 0 Å². The van der Waals surface area contributed by atoms with Crippen LogP contribution < -0.4 is 9.80 Å². The maximum absolute atomic E-state index is 4.53. The van der Waals surface area contributed by atoms with Crippen LogP contribution in [0.4, 0.5) is 11.4 Å². The molecule has 7 nitrogen and oxygen atoms in total. The molecule has 1 saturated heterocycles. The molecule has 0 spiro atoms. The lowest BCUT2D eigenvalue weighted by atomic mass is 10.0. The molecule has 33 heavy (non-hydrogen) atoms.